The van der Waals surface area contributed by atoms with Gasteiger partial charge in [0.15, 0.2) is 0 Å². The Morgan fingerprint density at radius 1 is 1.22 bits per heavy atom. The highest BCUT2D eigenvalue weighted by Crippen LogP contribution is 2.46. The standard InChI is InChI=1S/C23H28N4O8S/c1-35-23(26-16(28)9-5-8-15(24)19(30)31)21(34)27-18(20(32)33)14(12-36-22(23)27)11-25-17(29)10-13-6-3-2-4-7-13/h2-4,6-7,15,22H,5,8-12,24H2,1H3,(H,25,29)(H,26,28)(H,30,31)(H,32,33)/t15?,22-,23-/m0/s1. The molecular formula is C23H28N4O8S. The molecule has 0 aromatic heterocycles. The Kier molecular flexibility index (Phi) is 8.71. The van der Waals surface area contributed by atoms with Crippen LogP contribution < -0.4 is 16.4 Å². The number of carbonyl (C=O) groups excluding carboxylic acids is 3. The van der Waals surface area contributed by atoms with E-state index in [0.717, 1.165) is 10.5 Å². The number of fused-ring (bicyclic) bond motifs is 1. The fraction of sp³-hybridized carbons (Fsp3) is 0.435. The van der Waals surface area contributed by atoms with Crippen LogP contribution in [0.3, 0.4) is 0 Å². The Morgan fingerprint density at radius 3 is 2.53 bits per heavy atom. The number of nitrogens with two attached hydrogens (primary N) is 1. The molecule has 3 rings (SSSR count). The van der Waals surface area contributed by atoms with E-state index in [9.17, 15) is 29.1 Å². The normalized spacial score (nSPS) is 21.8. The van der Waals surface area contributed by atoms with Gasteiger partial charge in [-0.2, -0.15) is 0 Å². The number of amides is 3. The maximum absolute atomic E-state index is 13.1. The molecule has 1 saturated heterocycles. The molecule has 194 valence electrons. The maximum Gasteiger partial charge on any atom is 0.352 e. The molecule has 13 heteroatoms. The molecule has 0 bridgehead atoms. The lowest BCUT2D eigenvalue weighted by atomic mass is 9.97. The molecular weight excluding hydrogens is 492 g/mol. The molecule has 12 nitrogen and oxygen atoms in total. The monoisotopic (exact) mass is 520 g/mol. The first-order chi connectivity index (χ1) is 17.1. The van der Waals surface area contributed by atoms with Crippen molar-refractivity contribution in [3.8, 4) is 0 Å². The highest BCUT2D eigenvalue weighted by atomic mass is 32.2. The van der Waals surface area contributed by atoms with E-state index in [0.29, 0.717) is 5.57 Å². The topological polar surface area (TPSA) is 188 Å². The van der Waals surface area contributed by atoms with Gasteiger partial charge < -0.3 is 31.3 Å². The number of carboxylic acid groups (broad SMARTS) is 2. The largest absolute Gasteiger partial charge is 0.480 e. The summed E-state index contributed by atoms with van der Waals surface area (Å²) in [6.45, 7) is -0.0486. The van der Waals surface area contributed by atoms with Crippen molar-refractivity contribution in [1.82, 2.24) is 15.5 Å². The molecule has 6 N–H and O–H groups in total. The SMILES string of the molecule is CO[C@@]1(NC(=O)CCCC(N)C(=O)O)C(=O)N2C(C(=O)O)=C(CNC(=O)Cc3ccccc3)CS[C@H]21. The average Bonchev–Trinajstić information content (AvgIpc) is 2.85. The number of aliphatic carboxylic acids is 2. The van der Waals surface area contributed by atoms with Gasteiger partial charge in [-0.05, 0) is 24.0 Å². The second kappa shape index (κ2) is 11.5. The molecule has 2 aliphatic rings. The molecule has 1 aromatic carbocycles. The first-order valence-electron chi connectivity index (χ1n) is 11.2. The van der Waals surface area contributed by atoms with Gasteiger partial charge in [0.2, 0.25) is 11.8 Å². The summed E-state index contributed by atoms with van der Waals surface area (Å²) < 4.78 is 5.37. The van der Waals surface area contributed by atoms with Crippen LogP contribution in [0.1, 0.15) is 24.8 Å². The third-order valence-corrected chi connectivity index (χ3v) is 7.28. The highest BCUT2D eigenvalue weighted by molar-refractivity contribution is 8.00. The molecule has 3 atom stereocenters. The number of carbonyl (C=O) groups is 5. The van der Waals surface area contributed by atoms with Crippen LogP contribution in [0, 0.1) is 0 Å². The summed E-state index contributed by atoms with van der Waals surface area (Å²) in [4.78, 5) is 61.8. The van der Waals surface area contributed by atoms with E-state index < -0.39 is 40.9 Å². The molecule has 0 radical (unpaired) electrons. The van der Waals surface area contributed by atoms with Crippen LogP contribution >= 0.6 is 11.8 Å². The lowest BCUT2D eigenvalue weighted by Crippen LogP contribution is -2.80. The molecule has 2 heterocycles. The van der Waals surface area contributed by atoms with Crippen LogP contribution in [-0.4, -0.2) is 81.3 Å². The first kappa shape index (κ1) is 27.2. The predicted octanol–water partition coefficient (Wildman–Crippen LogP) is -0.360. The van der Waals surface area contributed by atoms with Crippen LogP contribution in [0.25, 0.3) is 0 Å². The molecule has 36 heavy (non-hydrogen) atoms. The van der Waals surface area contributed by atoms with Crippen molar-refractivity contribution in [2.45, 2.75) is 42.8 Å². The van der Waals surface area contributed by atoms with Gasteiger partial charge in [0.05, 0.1) is 6.42 Å². The number of methoxy groups -OCH3 is 1. The summed E-state index contributed by atoms with van der Waals surface area (Å²) in [6, 6.07) is 7.97. The number of thioether (sulfide) groups is 1. The number of nitrogens with one attached hydrogen (secondary N) is 2. The van der Waals surface area contributed by atoms with Crippen molar-refractivity contribution in [1.29, 1.82) is 0 Å². The summed E-state index contributed by atoms with van der Waals surface area (Å²) in [5, 5.41) is 23.1. The zero-order valence-corrected chi connectivity index (χ0v) is 20.4. The van der Waals surface area contributed by atoms with Crippen molar-refractivity contribution in [3.63, 3.8) is 0 Å². The van der Waals surface area contributed by atoms with Gasteiger partial charge in [-0.1, -0.05) is 30.3 Å². The summed E-state index contributed by atoms with van der Waals surface area (Å²) in [5.74, 6) is -3.91. The van der Waals surface area contributed by atoms with Crippen molar-refractivity contribution in [3.05, 3.63) is 47.2 Å². The van der Waals surface area contributed by atoms with E-state index in [2.05, 4.69) is 10.6 Å². The minimum absolute atomic E-state index is 0.0486. The number of benzene rings is 1. The number of hydrogen-bond acceptors (Lipinski definition) is 8. The Hall–Kier alpha value is -3.42. The van der Waals surface area contributed by atoms with Gasteiger partial charge in [0.25, 0.3) is 11.6 Å². The minimum Gasteiger partial charge on any atom is -0.480 e. The first-order valence-corrected chi connectivity index (χ1v) is 12.2. The number of rotatable bonds is 12. The van der Waals surface area contributed by atoms with Crippen molar-refractivity contribution < 1.29 is 38.9 Å². The summed E-state index contributed by atoms with van der Waals surface area (Å²) in [6.07, 6.45) is 0.302. The fourth-order valence-corrected chi connectivity index (χ4v) is 5.44. The summed E-state index contributed by atoms with van der Waals surface area (Å²) in [7, 11) is 1.24. The fourth-order valence-electron chi connectivity index (χ4n) is 4.00. The number of carboxylic acids is 2. The molecule has 0 aliphatic carbocycles. The zero-order chi connectivity index (χ0) is 26.5. The number of hydrogen-bond donors (Lipinski definition) is 5. The second-order valence-electron chi connectivity index (χ2n) is 8.36. The molecule has 1 aromatic rings. The zero-order valence-electron chi connectivity index (χ0n) is 19.6. The van der Waals surface area contributed by atoms with Crippen LogP contribution in [0.4, 0.5) is 0 Å². The van der Waals surface area contributed by atoms with E-state index in [1.807, 2.05) is 18.2 Å². The van der Waals surface area contributed by atoms with Crippen molar-refractivity contribution in [2.24, 2.45) is 5.73 Å². The van der Waals surface area contributed by atoms with Crippen LogP contribution in [0.2, 0.25) is 0 Å². The number of β-lactam (4-membered cyclic amide) rings is 1. The summed E-state index contributed by atoms with van der Waals surface area (Å²) >= 11 is 1.20. The summed E-state index contributed by atoms with van der Waals surface area (Å²) in [5.41, 5.74) is 4.60. The van der Waals surface area contributed by atoms with Gasteiger partial charge in [0, 0.05) is 25.8 Å². The lowest BCUT2D eigenvalue weighted by molar-refractivity contribution is -0.192. The van der Waals surface area contributed by atoms with E-state index in [-0.39, 0.29) is 49.6 Å². The van der Waals surface area contributed by atoms with E-state index >= 15 is 0 Å². The van der Waals surface area contributed by atoms with Gasteiger partial charge >= 0.3 is 11.9 Å². The van der Waals surface area contributed by atoms with E-state index in [1.54, 1.807) is 12.1 Å². The third-order valence-electron chi connectivity index (χ3n) is 5.90. The van der Waals surface area contributed by atoms with Gasteiger partial charge in [-0.15, -0.1) is 11.8 Å². The molecule has 0 spiro atoms. The Bertz CT molecular complexity index is 1080. The third kappa shape index (κ3) is 5.69. The lowest BCUT2D eigenvalue weighted by Gasteiger charge is -2.55. The van der Waals surface area contributed by atoms with Gasteiger partial charge in [-0.25, -0.2) is 4.79 Å². The second-order valence-corrected chi connectivity index (χ2v) is 9.43. The molecule has 2 aliphatic heterocycles. The van der Waals surface area contributed by atoms with Crippen LogP contribution in [0.15, 0.2) is 41.6 Å². The predicted molar refractivity (Wildman–Crippen MR) is 128 cm³/mol. The molecule has 1 fully saturated rings. The maximum atomic E-state index is 13.1. The Morgan fingerprint density at radius 2 is 1.92 bits per heavy atom. The minimum atomic E-state index is -1.75. The number of ether oxygens (including phenoxy) is 1. The quantitative estimate of drug-likeness (QED) is 0.180. The Labute approximate surface area is 211 Å². The van der Waals surface area contributed by atoms with Crippen LogP contribution in [-0.2, 0) is 35.1 Å². The van der Waals surface area contributed by atoms with E-state index in [4.69, 9.17) is 15.6 Å². The van der Waals surface area contributed by atoms with Gasteiger partial charge in [0.1, 0.15) is 17.1 Å². The average molecular weight is 521 g/mol. The molecule has 1 unspecified atom stereocenters. The van der Waals surface area contributed by atoms with Gasteiger partial charge in [-0.3, -0.25) is 24.1 Å². The van der Waals surface area contributed by atoms with E-state index in [1.165, 1.54) is 18.9 Å². The Balaban J connectivity index is 1.65. The van der Waals surface area contributed by atoms with Crippen molar-refractivity contribution >= 4 is 41.4 Å². The van der Waals surface area contributed by atoms with Crippen molar-refractivity contribution in [2.75, 3.05) is 19.4 Å². The molecule has 0 saturated carbocycles. The highest BCUT2D eigenvalue weighted by Gasteiger charge is 2.66. The number of nitrogens with zero attached hydrogens (tertiary/aromatic N) is 1. The van der Waals surface area contributed by atoms with Crippen LogP contribution in [0.5, 0.6) is 0 Å². The smallest absolute Gasteiger partial charge is 0.352 e. The molecule has 3 amide bonds.